The summed E-state index contributed by atoms with van der Waals surface area (Å²) in [7, 11) is 0. The number of nitrogen functional groups attached to an aromatic ring is 1. The number of primary amides is 1. The van der Waals surface area contributed by atoms with E-state index >= 15 is 0 Å². The summed E-state index contributed by atoms with van der Waals surface area (Å²) in [5.41, 5.74) is 11.7. The Morgan fingerprint density at radius 3 is 2.44 bits per heavy atom. The number of anilines is 1. The molecule has 0 radical (unpaired) electrons. The van der Waals surface area contributed by atoms with E-state index in [1.165, 1.54) is 11.3 Å². The van der Waals surface area contributed by atoms with E-state index in [0.717, 1.165) is 5.56 Å². The fourth-order valence-corrected chi connectivity index (χ4v) is 2.18. The molecule has 5 nitrogen and oxygen atoms in total. The van der Waals surface area contributed by atoms with E-state index in [-0.39, 0.29) is 0 Å². The Morgan fingerprint density at radius 1 is 1.25 bits per heavy atom. The topological polar surface area (TPSA) is 94.9 Å². The van der Waals surface area contributed by atoms with Gasteiger partial charge in [0.15, 0.2) is 0 Å². The van der Waals surface area contributed by atoms with E-state index in [0.29, 0.717) is 10.1 Å². The Bertz CT molecular complexity index is 497. The molecule has 0 fully saturated rings. The minimum Gasteiger partial charge on any atom is -0.374 e. The van der Waals surface area contributed by atoms with Gasteiger partial charge >= 0.3 is 0 Å². The number of nitrogens with two attached hydrogens (primary N) is 2. The van der Waals surface area contributed by atoms with Crippen molar-refractivity contribution in [2.45, 2.75) is 5.92 Å². The molecule has 6 heteroatoms. The number of hydrogen-bond acceptors (Lipinski definition) is 5. The molecule has 1 aromatic carbocycles. The fraction of sp³-hybridized carbons (Fsp3) is 0.100. The Morgan fingerprint density at radius 2 is 1.94 bits per heavy atom. The first-order valence-electron chi connectivity index (χ1n) is 4.61. The van der Waals surface area contributed by atoms with Crippen LogP contribution < -0.4 is 11.5 Å². The molecular weight excluding hydrogens is 224 g/mol. The minimum atomic E-state index is -0.573. The highest BCUT2D eigenvalue weighted by Gasteiger charge is 2.23. The van der Waals surface area contributed by atoms with Crippen LogP contribution in [0.3, 0.4) is 0 Å². The van der Waals surface area contributed by atoms with Crippen molar-refractivity contribution in [3.8, 4) is 0 Å². The van der Waals surface area contributed by atoms with Crippen molar-refractivity contribution < 1.29 is 4.79 Å². The van der Waals surface area contributed by atoms with Crippen molar-refractivity contribution >= 4 is 22.4 Å². The number of hydrogen-bond donors (Lipinski definition) is 2. The molecule has 1 unspecified atom stereocenters. The molecule has 1 heterocycles. The summed E-state index contributed by atoms with van der Waals surface area (Å²) in [5, 5.41) is 8.40. The van der Waals surface area contributed by atoms with Crippen LogP contribution in [0.4, 0.5) is 5.13 Å². The summed E-state index contributed by atoms with van der Waals surface area (Å²) in [6.07, 6.45) is 0. The Kier molecular flexibility index (Phi) is 2.82. The lowest BCUT2D eigenvalue weighted by Crippen LogP contribution is -2.22. The SMILES string of the molecule is NC(=O)C(c1ccccc1)c1nnc(N)s1. The molecule has 0 saturated heterocycles. The van der Waals surface area contributed by atoms with E-state index in [1.807, 2.05) is 30.3 Å². The summed E-state index contributed by atoms with van der Waals surface area (Å²) >= 11 is 1.17. The molecule has 0 bridgehead atoms. The van der Waals surface area contributed by atoms with Crippen LogP contribution in [-0.2, 0) is 4.79 Å². The molecule has 2 rings (SSSR count). The van der Waals surface area contributed by atoms with Crippen molar-refractivity contribution in [1.82, 2.24) is 10.2 Å². The van der Waals surface area contributed by atoms with Gasteiger partial charge < -0.3 is 11.5 Å². The minimum absolute atomic E-state index is 0.331. The van der Waals surface area contributed by atoms with Gasteiger partial charge in [0.05, 0.1) is 0 Å². The first kappa shape index (κ1) is 10.6. The number of nitrogens with zero attached hydrogens (tertiary/aromatic N) is 2. The zero-order chi connectivity index (χ0) is 11.5. The van der Waals surface area contributed by atoms with Crippen LogP contribution in [-0.4, -0.2) is 16.1 Å². The van der Waals surface area contributed by atoms with Gasteiger partial charge in [0, 0.05) is 0 Å². The van der Waals surface area contributed by atoms with Crippen molar-refractivity contribution in [3.63, 3.8) is 0 Å². The lowest BCUT2D eigenvalue weighted by Gasteiger charge is -2.09. The number of carbonyl (C=O) groups is 1. The Hall–Kier alpha value is -1.95. The largest absolute Gasteiger partial charge is 0.374 e. The third kappa shape index (κ3) is 2.01. The zero-order valence-corrected chi connectivity index (χ0v) is 9.15. The van der Waals surface area contributed by atoms with Crippen LogP contribution in [0.1, 0.15) is 16.5 Å². The highest BCUT2D eigenvalue weighted by atomic mass is 32.1. The number of benzene rings is 1. The normalized spacial score (nSPS) is 12.2. The molecule has 0 aliphatic heterocycles. The number of aromatic nitrogens is 2. The van der Waals surface area contributed by atoms with Crippen molar-refractivity contribution in [2.24, 2.45) is 5.73 Å². The van der Waals surface area contributed by atoms with E-state index in [9.17, 15) is 4.79 Å². The third-order valence-electron chi connectivity index (χ3n) is 2.12. The molecule has 16 heavy (non-hydrogen) atoms. The summed E-state index contributed by atoms with van der Waals surface area (Å²) in [4.78, 5) is 11.4. The zero-order valence-electron chi connectivity index (χ0n) is 8.33. The van der Waals surface area contributed by atoms with Gasteiger partial charge in [-0.3, -0.25) is 4.79 Å². The maximum atomic E-state index is 11.4. The predicted molar refractivity (Wildman–Crippen MR) is 61.8 cm³/mol. The van der Waals surface area contributed by atoms with Gasteiger partial charge in [0.2, 0.25) is 11.0 Å². The molecule has 1 atom stereocenters. The monoisotopic (exact) mass is 234 g/mol. The van der Waals surface area contributed by atoms with Gasteiger partial charge in [0.25, 0.3) is 0 Å². The predicted octanol–water partition coefficient (Wildman–Crippen LogP) is 0.738. The highest BCUT2D eigenvalue weighted by molar-refractivity contribution is 7.15. The quantitative estimate of drug-likeness (QED) is 0.818. The van der Waals surface area contributed by atoms with Gasteiger partial charge in [-0.25, -0.2) is 0 Å². The van der Waals surface area contributed by atoms with Crippen molar-refractivity contribution in [1.29, 1.82) is 0 Å². The maximum Gasteiger partial charge on any atom is 0.231 e. The number of amides is 1. The summed E-state index contributed by atoms with van der Waals surface area (Å²) in [5.74, 6) is -1.03. The number of rotatable bonds is 3. The Labute approximate surface area is 96.1 Å². The average Bonchev–Trinajstić information content (AvgIpc) is 2.66. The second-order valence-electron chi connectivity index (χ2n) is 3.22. The van der Waals surface area contributed by atoms with Crippen molar-refractivity contribution in [3.05, 3.63) is 40.9 Å². The maximum absolute atomic E-state index is 11.4. The van der Waals surface area contributed by atoms with Gasteiger partial charge in [-0.1, -0.05) is 41.7 Å². The standard InChI is InChI=1S/C10H10N4OS/c11-8(15)7(6-4-2-1-3-5-6)9-13-14-10(12)16-9/h1-5,7H,(H2,11,15)(H2,12,14). The second-order valence-corrected chi connectivity index (χ2v) is 4.27. The third-order valence-corrected chi connectivity index (χ3v) is 2.94. The van der Waals surface area contributed by atoms with Crippen LogP contribution in [0.2, 0.25) is 0 Å². The molecule has 82 valence electrons. The van der Waals surface area contributed by atoms with Gasteiger partial charge in [0.1, 0.15) is 10.9 Å². The lowest BCUT2D eigenvalue weighted by atomic mass is 9.99. The number of carbonyl (C=O) groups excluding carboxylic acids is 1. The van der Waals surface area contributed by atoms with Gasteiger partial charge in [-0.2, -0.15) is 0 Å². The van der Waals surface area contributed by atoms with Crippen LogP contribution in [0.15, 0.2) is 30.3 Å². The molecule has 0 saturated carbocycles. The summed E-state index contributed by atoms with van der Waals surface area (Å²) < 4.78 is 0. The molecular formula is C10H10N4OS. The Balaban J connectivity index is 2.43. The van der Waals surface area contributed by atoms with Crippen LogP contribution in [0, 0.1) is 0 Å². The second kappa shape index (κ2) is 4.28. The highest BCUT2D eigenvalue weighted by Crippen LogP contribution is 2.27. The van der Waals surface area contributed by atoms with Crippen LogP contribution in [0.25, 0.3) is 0 Å². The lowest BCUT2D eigenvalue weighted by molar-refractivity contribution is -0.118. The first-order valence-corrected chi connectivity index (χ1v) is 5.43. The van der Waals surface area contributed by atoms with Crippen LogP contribution >= 0.6 is 11.3 Å². The van der Waals surface area contributed by atoms with Gasteiger partial charge in [-0.05, 0) is 5.56 Å². The smallest absolute Gasteiger partial charge is 0.231 e. The molecule has 0 aliphatic carbocycles. The van der Waals surface area contributed by atoms with E-state index in [2.05, 4.69) is 10.2 Å². The molecule has 0 spiro atoms. The molecule has 2 aromatic rings. The van der Waals surface area contributed by atoms with Gasteiger partial charge in [-0.15, -0.1) is 10.2 Å². The molecule has 1 amide bonds. The average molecular weight is 234 g/mol. The first-order chi connectivity index (χ1) is 7.68. The molecule has 4 N–H and O–H groups in total. The van der Waals surface area contributed by atoms with Crippen molar-refractivity contribution in [2.75, 3.05) is 5.73 Å². The summed E-state index contributed by atoms with van der Waals surface area (Å²) in [6, 6.07) is 9.21. The fourth-order valence-electron chi connectivity index (χ4n) is 1.44. The summed E-state index contributed by atoms with van der Waals surface area (Å²) in [6.45, 7) is 0. The molecule has 1 aromatic heterocycles. The van der Waals surface area contributed by atoms with E-state index in [4.69, 9.17) is 11.5 Å². The molecule has 0 aliphatic rings. The van der Waals surface area contributed by atoms with E-state index in [1.54, 1.807) is 0 Å². The van der Waals surface area contributed by atoms with Crippen LogP contribution in [0.5, 0.6) is 0 Å². The van der Waals surface area contributed by atoms with E-state index < -0.39 is 11.8 Å².